The Morgan fingerprint density at radius 1 is 1.39 bits per heavy atom. The van der Waals surface area contributed by atoms with Crippen LogP contribution in [-0.4, -0.2) is 40.5 Å². The molecule has 0 saturated carbocycles. The molecule has 3 aliphatic heterocycles. The van der Waals surface area contributed by atoms with Crippen molar-refractivity contribution in [2.75, 3.05) is 13.1 Å². The Morgan fingerprint density at radius 3 is 2.83 bits per heavy atom. The summed E-state index contributed by atoms with van der Waals surface area (Å²) in [4.78, 5) is 19.5. The fourth-order valence-electron chi connectivity index (χ4n) is 4.28. The molecule has 1 unspecified atom stereocenters. The van der Waals surface area contributed by atoms with Crippen LogP contribution in [0, 0.1) is 12.8 Å². The number of hydrogen-bond donors (Lipinski definition) is 1. The highest BCUT2D eigenvalue weighted by Gasteiger charge is 2.48. The maximum atomic E-state index is 12.7. The van der Waals surface area contributed by atoms with Crippen LogP contribution < -0.4 is 5.32 Å². The molecule has 23 heavy (non-hydrogen) atoms. The van der Waals surface area contributed by atoms with Crippen LogP contribution in [0.2, 0.25) is 0 Å². The molecule has 3 aliphatic rings. The lowest BCUT2D eigenvalue weighted by molar-refractivity contribution is -0.0378. The summed E-state index contributed by atoms with van der Waals surface area (Å²) in [6.45, 7) is 8.73. The van der Waals surface area contributed by atoms with Crippen LogP contribution in [-0.2, 0) is 0 Å². The van der Waals surface area contributed by atoms with Gasteiger partial charge in [0.1, 0.15) is 5.69 Å². The van der Waals surface area contributed by atoms with Gasteiger partial charge in [-0.1, -0.05) is 0 Å². The van der Waals surface area contributed by atoms with Gasteiger partial charge in [-0.3, -0.25) is 9.69 Å². The van der Waals surface area contributed by atoms with Gasteiger partial charge in [-0.15, -0.1) is 0 Å². The van der Waals surface area contributed by atoms with E-state index in [1.54, 1.807) is 12.5 Å². The lowest BCUT2D eigenvalue weighted by Crippen LogP contribution is -2.69. The Balaban J connectivity index is 1.60. The fourth-order valence-corrected chi connectivity index (χ4v) is 4.28. The van der Waals surface area contributed by atoms with Crippen molar-refractivity contribution in [1.82, 2.24) is 15.2 Å². The molecule has 0 spiro atoms. The van der Waals surface area contributed by atoms with Crippen molar-refractivity contribution in [1.29, 1.82) is 0 Å². The van der Waals surface area contributed by atoms with Gasteiger partial charge in [-0.2, -0.15) is 0 Å². The van der Waals surface area contributed by atoms with Crippen molar-refractivity contribution in [3.05, 3.63) is 29.8 Å². The third-order valence-electron chi connectivity index (χ3n) is 5.76. The molecule has 5 heterocycles. The third-order valence-corrected chi connectivity index (χ3v) is 5.76. The second-order valence-corrected chi connectivity index (χ2v) is 7.41. The molecule has 2 aromatic heterocycles. The summed E-state index contributed by atoms with van der Waals surface area (Å²) in [5.74, 6) is 0.484. The minimum atomic E-state index is -0.0840. The van der Waals surface area contributed by atoms with Crippen LogP contribution in [0.15, 0.2) is 22.9 Å². The highest BCUT2D eigenvalue weighted by molar-refractivity contribution is 5.96. The lowest BCUT2D eigenvalue weighted by atomic mass is 9.72. The molecule has 3 saturated heterocycles. The number of nitrogens with one attached hydrogen (secondary N) is 1. The molecule has 5 heteroatoms. The van der Waals surface area contributed by atoms with Crippen molar-refractivity contribution in [2.45, 2.75) is 45.2 Å². The number of furan rings is 1. The van der Waals surface area contributed by atoms with Crippen LogP contribution >= 0.6 is 0 Å². The molecule has 1 amide bonds. The standard InChI is InChI=1S/C18H23N3O2/c1-11-10-23-15-9-19-14(8-13(11)15)17(22)20-16-12-4-6-21(7-5-12)18(16,2)3/h8-10,12,16H,4-7H2,1-3H3,(H,20,22). The Morgan fingerprint density at radius 2 is 2.13 bits per heavy atom. The Hall–Kier alpha value is -1.88. The number of piperidine rings is 3. The predicted molar refractivity (Wildman–Crippen MR) is 88.4 cm³/mol. The molecular formula is C18H23N3O2. The summed E-state index contributed by atoms with van der Waals surface area (Å²) in [7, 11) is 0. The van der Waals surface area contributed by atoms with Gasteiger partial charge in [-0.25, -0.2) is 4.98 Å². The predicted octanol–water partition coefficient (Wildman–Crippen LogP) is 2.74. The SMILES string of the molecule is Cc1coc2cnc(C(=O)NC3C4CCN(CC4)C3(C)C)cc12. The zero-order chi connectivity index (χ0) is 16.2. The molecule has 5 rings (SSSR count). The molecule has 0 aliphatic carbocycles. The summed E-state index contributed by atoms with van der Waals surface area (Å²) < 4.78 is 5.41. The average molecular weight is 313 g/mol. The van der Waals surface area contributed by atoms with E-state index in [0.717, 1.165) is 29.6 Å². The highest BCUT2D eigenvalue weighted by atomic mass is 16.3. The zero-order valence-corrected chi connectivity index (χ0v) is 13.9. The normalized spacial score (nSPS) is 28.9. The van der Waals surface area contributed by atoms with E-state index < -0.39 is 0 Å². The van der Waals surface area contributed by atoms with Crippen molar-refractivity contribution >= 4 is 16.9 Å². The minimum absolute atomic E-state index is 0.00643. The molecule has 3 fully saturated rings. The van der Waals surface area contributed by atoms with E-state index in [9.17, 15) is 4.79 Å². The second-order valence-electron chi connectivity index (χ2n) is 7.41. The number of amides is 1. The van der Waals surface area contributed by atoms with Gasteiger partial charge in [-0.05, 0) is 64.3 Å². The van der Waals surface area contributed by atoms with Crippen molar-refractivity contribution in [3.63, 3.8) is 0 Å². The van der Waals surface area contributed by atoms with E-state index in [2.05, 4.69) is 29.0 Å². The molecule has 5 nitrogen and oxygen atoms in total. The molecule has 1 atom stereocenters. The monoisotopic (exact) mass is 313 g/mol. The second kappa shape index (κ2) is 5.06. The number of carbonyl (C=O) groups excluding carboxylic acids is 1. The first-order chi connectivity index (χ1) is 11.0. The Bertz CT molecular complexity index is 757. The minimum Gasteiger partial charge on any atom is -0.462 e. The number of nitrogens with zero attached hydrogens (tertiary/aromatic N) is 2. The maximum Gasteiger partial charge on any atom is 0.270 e. The average Bonchev–Trinajstić information content (AvgIpc) is 2.92. The van der Waals surface area contributed by atoms with Gasteiger partial charge in [0.25, 0.3) is 5.91 Å². The summed E-state index contributed by atoms with van der Waals surface area (Å²) in [5.41, 5.74) is 2.23. The molecular weight excluding hydrogens is 290 g/mol. The number of aryl methyl sites for hydroxylation is 1. The number of fused-ring (bicyclic) bond motifs is 4. The first-order valence-corrected chi connectivity index (χ1v) is 8.36. The van der Waals surface area contributed by atoms with Crippen LogP contribution in [0.25, 0.3) is 11.0 Å². The van der Waals surface area contributed by atoms with Gasteiger partial charge in [0.2, 0.25) is 0 Å². The summed E-state index contributed by atoms with van der Waals surface area (Å²) >= 11 is 0. The summed E-state index contributed by atoms with van der Waals surface area (Å²) in [5, 5.41) is 4.22. The van der Waals surface area contributed by atoms with Crippen LogP contribution in [0.4, 0.5) is 0 Å². The lowest BCUT2D eigenvalue weighted by Gasteiger charge is -2.56. The number of pyridine rings is 1. The maximum absolute atomic E-state index is 12.7. The molecule has 1 N–H and O–H groups in total. The van der Waals surface area contributed by atoms with Gasteiger partial charge in [0, 0.05) is 17.0 Å². The molecule has 0 radical (unpaired) electrons. The topological polar surface area (TPSA) is 58.4 Å². The molecule has 2 aromatic rings. The van der Waals surface area contributed by atoms with E-state index in [4.69, 9.17) is 4.42 Å². The zero-order valence-electron chi connectivity index (χ0n) is 13.9. The van der Waals surface area contributed by atoms with Crippen LogP contribution in [0.3, 0.4) is 0 Å². The van der Waals surface area contributed by atoms with Crippen molar-refractivity contribution in [3.8, 4) is 0 Å². The number of rotatable bonds is 2. The first-order valence-electron chi connectivity index (χ1n) is 8.36. The van der Waals surface area contributed by atoms with E-state index in [-0.39, 0.29) is 17.5 Å². The van der Waals surface area contributed by atoms with Crippen molar-refractivity contribution < 1.29 is 9.21 Å². The number of hydrogen-bond acceptors (Lipinski definition) is 4. The smallest absolute Gasteiger partial charge is 0.270 e. The summed E-state index contributed by atoms with van der Waals surface area (Å²) in [6, 6.07) is 2.01. The quantitative estimate of drug-likeness (QED) is 0.926. The van der Waals surface area contributed by atoms with Crippen LogP contribution in [0.1, 0.15) is 42.7 Å². The third kappa shape index (κ3) is 2.26. The fraction of sp³-hybridized carbons (Fsp3) is 0.556. The van der Waals surface area contributed by atoms with Gasteiger partial charge < -0.3 is 9.73 Å². The summed E-state index contributed by atoms with van der Waals surface area (Å²) in [6.07, 6.45) is 5.67. The largest absolute Gasteiger partial charge is 0.462 e. The number of aromatic nitrogens is 1. The highest BCUT2D eigenvalue weighted by Crippen LogP contribution is 2.39. The Labute approximate surface area is 136 Å². The van der Waals surface area contributed by atoms with Crippen molar-refractivity contribution in [2.24, 2.45) is 5.92 Å². The number of carbonyl (C=O) groups is 1. The molecule has 122 valence electrons. The van der Waals surface area contributed by atoms with E-state index in [1.165, 1.54) is 12.8 Å². The van der Waals surface area contributed by atoms with Crippen LogP contribution in [0.5, 0.6) is 0 Å². The molecule has 0 aromatic carbocycles. The van der Waals surface area contributed by atoms with Gasteiger partial charge in [0.15, 0.2) is 5.58 Å². The van der Waals surface area contributed by atoms with Gasteiger partial charge in [0.05, 0.1) is 12.5 Å². The molecule has 2 bridgehead atoms. The van der Waals surface area contributed by atoms with E-state index >= 15 is 0 Å². The van der Waals surface area contributed by atoms with E-state index in [0.29, 0.717) is 11.6 Å². The van der Waals surface area contributed by atoms with E-state index in [1.807, 2.05) is 13.0 Å². The van der Waals surface area contributed by atoms with Gasteiger partial charge >= 0.3 is 0 Å². The first kappa shape index (κ1) is 14.7. The Kier molecular flexibility index (Phi) is 3.23.